The zero-order valence-electron chi connectivity index (χ0n) is 25.9. The highest BCUT2D eigenvalue weighted by Gasteiger charge is 2.16. The molecule has 0 aliphatic heterocycles. The van der Waals surface area contributed by atoms with Gasteiger partial charge in [-0.2, -0.15) is 5.26 Å². The van der Waals surface area contributed by atoms with Crippen LogP contribution in [0.15, 0.2) is 145 Å². The summed E-state index contributed by atoms with van der Waals surface area (Å²) in [5, 5.41) is 23.2. The summed E-state index contributed by atoms with van der Waals surface area (Å²) in [6.07, 6.45) is 1.42. The van der Waals surface area contributed by atoms with Crippen molar-refractivity contribution >= 4 is 78.3 Å². The first-order chi connectivity index (χ1) is 24.1. The van der Waals surface area contributed by atoms with Gasteiger partial charge in [-0.05, 0) is 90.5 Å². The number of aliphatic carboxylic acids is 1. The van der Waals surface area contributed by atoms with Crippen LogP contribution < -0.4 is 0 Å². The van der Waals surface area contributed by atoms with Gasteiger partial charge < -0.3 is 14.2 Å². The van der Waals surface area contributed by atoms with Crippen LogP contribution in [-0.4, -0.2) is 20.2 Å². The minimum absolute atomic E-state index is 0.271. The molecule has 4 heterocycles. The minimum Gasteiger partial charge on any atom is -0.477 e. The largest absolute Gasteiger partial charge is 0.477 e. The fourth-order valence-electron chi connectivity index (χ4n) is 6.83. The van der Waals surface area contributed by atoms with Crippen LogP contribution in [0.2, 0.25) is 0 Å². The average molecular weight is 668 g/mol. The Kier molecular flexibility index (Phi) is 6.80. The van der Waals surface area contributed by atoms with Gasteiger partial charge in [0.2, 0.25) is 0 Å². The fraction of sp³-hybridized carbons (Fsp3) is 0. The van der Waals surface area contributed by atoms with Crippen molar-refractivity contribution in [2.24, 2.45) is 0 Å². The van der Waals surface area contributed by atoms with E-state index in [0.29, 0.717) is 0 Å². The van der Waals surface area contributed by atoms with Crippen LogP contribution in [0.4, 0.5) is 0 Å². The van der Waals surface area contributed by atoms with Crippen LogP contribution in [-0.2, 0) is 4.79 Å². The lowest BCUT2D eigenvalue weighted by molar-refractivity contribution is -0.132. The summed E-state index contributed by atoms with van der Waals surface area (Å²) < 4.78 is 4.69. The van der Waals surface area contributed by atoms with E-state index in [4.69, 9.17) is 5.26 Å². The van der Waals surface area contributed by atoms with E-state index in [1.54, 1.807) is 17.4 Å². The Morgan fingerprint density at radius 2 is 1.06 bits per heavy atom. The van der Waals surface area contributed by atoms with Gasteiger partial charge in [-0.3, -0.25) is 0 Å². The number of hydrogen-bond donors (Lipinski definition) is 1. The first-order valence-electron chi connectivity index (χ1n) is 15.7. The van der Waals surface area contributed by atoms with Crippen LogP contribution >= 0.6 is 22.7 Å². The van der Waals surface area contributed by atoms with Crippen molar-refractivity contribution in [3.8, 4) is 37.6 Å². The maximum absolute atomic E-state index is 11.3. The van der Waals surface area contributed by atoms with Crippen molar-refractivity contribution in [1.82, 2.24) is 9.13 Å². The third-order valence-corrected chi connectivity index (χ3v) is 11.4. The summed E-state index contributed by atoms with van der Waals surface area (Å²) in [4.78, 5) is 15.3. The van der Waals surface area contributed by atoms with Gasteiger partial charge in [-0.25, -0.2) is 4.79 Å². The van der Waals surface area contributed by atoms with Crippen molar-refractivity contribution in [3.63, 3.8) is 0 Å². The maximum atomic E-state index is 11.3. The molecule has 0 radical (unpaired) electrons. The predicted molar refractivity (Wildman–Crippen MR) is 203 cm³/mol. The molecular formula is C42H25N3O2S2. The average Bonchev–Trinajstić information content (AvgIpc) is 3.94. The van der Waals surface area contributed by atoms with Gasteiger partial charge in [-0.15, -0.1) is 22.7 Å². The molecule has 0 saturated heterocycles. The second-order valence-corrected chi connectivity index (χ2v) is 14.0. The molecule has 0 unspecified atom stereocenters. The lowest BCUT2D eigenvalue weighted by Crippen LogP contribution is -1.97. The molecule has 49 heavy (non-hydrogen) atoms. The predicted octanol–water partition coefficient (Wildman–Crippen LogP) is 11.3. The molecule has 0 bridgehead atoms. The number of para-hydroxylation sites is 3. The summed E-state index contributed by atoms with van der Waals surface area (Å²) >= 11 is 3.18. The SMILES string of the molecule is N#C/C(=C\c1ccc(-c2ccc(-c3ccc4c(c3)c3ccccc3n4-c3ccc(-n4c5ccccc5c5ccccc54)cc3)s2)s1)C(=O)O. The second-order valence-electron chi connectivity index (χ2n) is 11.8. The monoisotopic (exact) mass is 667 g/mol. The van der Waals surface area contributed by atoms with Crippen molar-refractivity contribution in [3.05, 3.63) is 150 Å². The molecule has 1 N–H and O–H groups in total. The van der Waals surface area contributed by atoms with Crippen LogP contribution in [0, 0.1) is 11.3 Å². The third-order valence-electron chi connectivity index (χ3n) is 9.02. The van der Waals surface area contributed by atoms with Gasteiger partial charge in [0.25, 0.3) is 0 Å². The van der Waals surface area contributed by atoms with Gasteiger partial charge in [0.1, 0.15) is 11.6 Å². The highest BCUT2D eigenvalue weighted by molar-refractivity contribution is 7.24. The summed E-state index contributed by atoms with van der Waals surface area (Å²) in [5.41, 5.74) is 7.79. The number of nitrogens with zero attached hydrogens (tertiary/aromatic N) is 3. The van der Waals surface area contributed by atoms with Gasteiger partial charge in [0.05, 0.1) is 22.1 Å². The van der Waals surface area contributed by atoms with E-state index in [9.17, 15) is 9.90 Å². The molecule has 0 aliphatic carbocycles. The number of aromatic nitrogens is 2. The van der Waals surface area contributed by atoms with E-state index in [1.165, 1.54) is 50.0 Å². The Balaban J connectivity index is 1.10. The van der Waals surface area contributed by atoms with E-state index in [-0.39, 0.29) is 5.57 Å². The Hall–Kier alpha value is -6.20. The summed E-state index contributed by atoms with van der Waals surface area (Å²) in [6, 6.07) is 51.1. The number of carboxylic acid groups (broad SMARTS) is 1. The van der Waals surface area contributed by atoms with Gasteiger partial charge in [0.15, 0.2) is 0 Å². The number of benzene rings is 5. The number of hydrogen-bond acceptors (Lipinski definition) is 4. The Morgan fingerprint density at radius 3 is 1.63 bits per heavy atom. The molecule has 0 atom stereocenters. The number of thiophene rings is 2. The van der Waals surface area contributed by atoms with Crippen LogP contribution in [0.25, 0.3) is 81.3 Å². The standard InChI is InChI=1S/C42H25N3O2S2/c43-25-27(42(46)47)23-30-18-20-40(48-30)41-22-21-39(49-41)26-13-19-38-34(24-26)33-9-3-6-12-37(33)45(38)29-16-14-28(15-17-29)44-35-10-4-1-7-31(35)32-8-2-5-11-36(32)44/h1-24H,(H,46,47)/b27-23+. The summed E-state index contributed by atoms with van der Waals surface area (Å²) in [7, 11) is 0. The molecule has 4 aromatic heterocycles. The summed E-state index contributed by atoms with van der Waals surface area (Å²) in [5.74, 6) is -1.22. The molecule has 232 valence electrons. The molecule has 0 spiro atoms. The first kappa shape index (κ1) is 29.0. The van der Waals surface area contributed by atoms with Gasteiger partial charge in [-0.1, -0.05) is 60.7 Å². The fourth-order valence-corrected chi connectivity index (χ4v) is 8.87. The molecular weight excluding hydrogens is 643 g/mol. The molecule has 5 nitrogen and oxygen atoms in total. The maximum Gasteiger partial charge on any atom is 0.346 e. The molecule has 7 heteroatoms. The normalized spacial score (nSPS) is 11.9. The van der Waals surface area contributed by atoms with Crippen LogP contribution in [0.3, 0.4) is 0 Å². The number of carboxylic acids is 1. The lowest BCUT2D eigenvalue weighted by Gasteiger charge is -2.12. The summed E-state index contributed by atoms with van der Waals surface area (Å²) in [6.45, 7) is 0. The number of fused-ring (bicyclic) bond motifs is 6. The molecule has 0 fully saturated rings. The molecule has 0 saturated carbocycles. The van der Waals surface area contributed by atoms with E-state index in [2.05, 4.69) is 137 Å². The molecule has 5 aromatic carbocycles. The molecule has 9 aromatic rings. The highest BCUT2D eigenvalue weighted by Crippen LogP contribution is 2.41. The topological polar surface area (TPSA) is 71.0 Å². The van der Waals surface area contributed by atoms with Crippen molar-refractivity contribution in [2.75, 3.05) is 0 Å². The quantitative estimate of drug-likeness (QED) is 0.142. The third kappa shape index (κ3) is 4.77. The Morgan fingerprint density at radius 1 is 0.571 bits per heavy atom. The van der Waals surface area contributed by atoms with Gasteiger partial charge >= 0.3 is 5.97 Å². The number of nitriles is 1. The minimum atomic E-state index is -1.22. The lowest BCUT2D eigenvalue weighted by atomic mass is 10.1. The highest BCUT2D eigenvalue weighted by atomic mass is 32.1. The van der Waals surface area contributed by atoms with E-state index < -0.39 is 5.97 Å². The smallest absolute Gasteiger partial charge is 0.346 e. The molecule has 9 rings (SSSR count). The zero-order valence-corrected chi connectivity index (χ0v) is 27.5. The number of rotatable bonds is 6. The van der Waals surface area contributed by atoms with E-state index in [0.717, 1.165) is 47.5 Å². The van der Waals surface area contributed by atoms with E-state index >= 15 is 0 Å². The molecule has 0 aliphatic rings. The van der Waals surface area contributed by atoms with Gasteiger partial charge in [0, 0.05) is 52.4 Å². The second kappa shape index (κ2) is 11.5. The molecule has 0 amide bonds. The van der Waals surface area contributed by atoms with E-state index in [1.807, 2.05) is 12.1 Å². The van der Waals surface area contributed by atoms with Crippen molar-refractivity contribution in [2.45, 2.75) is 0 Å². The Labute approximate surface area is 289 Å². The zero-order chi connectivity index (χ0) is 33.1. The Bertz CT molecular complexity index is 2770. The van der Waals surface area contributed by atoms with Crippen molar-refractivity contribution in [1.29, 1.82) is 5.26 Å². The van der Waals surface area contributed by atoms with Crippen LogP contribution in [0.5, 0.6) is 0 Å². The first-order valence-corrected chi connectivity index (χ1v) is 17.4. The van der Waals surface area contributed by atoms with Crippen LogP contribution in [0.1, 0.15) is 4.88 Å². The van der Waals surface area contributed by atoms with Crippen molar-refractivity contribution < 1.29 is 9.90 Å². The number of carbonyl (C=O) groups is 1.